The maximum atomic E-state index is 5.26. The van der Waals surface area contributed by atoms with E-state index in [0.717, 1.165) is 74.4 Å². The summed E-state index contributed by atoms with van der Waals surface area (Å²) in [7, 11) is 1.89. The van der Waals surface area contributed by atoms with Gasteiger partial charge in [0.2, 0.25) is 0 Å². The molecular weight excluding hydrogens is 350 g/mol. The van der Waals surface area contributed by atoms with Crippen molar-refractivity contribution in [1.82, 2.24) is 20.3 Å². The first kappa shape index (κ1) is 21.2. The highest BCUT2D eigenvalue weighted by atomic mass is 16.5. The third-order valence-corrected chi connectivity index (χ3v) is 6.87. The molecule has 2 heterocycles. The number of hydrogen-bond donors (Lipinski definition) is 1. The second-order valence-corrected chi connectivity index (χ2v) is 8.86. The van der Waals surface area contributed by atoms with Gasteiger partial charge in [-0.25, -0.2) is 0 Å². The van der Waals surface area contributed by atoms with Gasteiger partial charge in [-0.3, -0.25) is 9.89 Å². The van der Waals surface area contributed by atoms with E-state index in [4.69, 9.17) is 4.52 Å². The zero-order valence-electron chi connectivity index (χ0n) is 18.5. The van der Waals surface area contributed by atoms with Crippen LogP contribution in [0.3, 0.4) is 0 Å². The standard InChI is InChI=1S/C22H39N5O/c1-16(2)19-6-8-20(9-7-19)26-12-14-27(15-13-26)22(23-5)24-11-10-21-17(3)25-28-18(21)4/h16,19-20H,6-15H2,1-5H3,(H,23,24). The van der Waals surface area contributed by atoms with E-state index in [1.807, 2.05) is 20.9 Å². The first-order chi connectivity index (χ1) is 13.5. The van der Waals surface area contributed by atoms with Crippen LogP contribution in [0.2, 0.25) is 0 Å². The molecule has 28 heavy (non-hydrogen) atoms. The summed E-state index contributed by atoms with van der Waals surface area (Å²) >= 11 is 0. The van der Waals surface area contributed by atoms with E-state index in [9.17, 15) is 0 Å². The molecule has 0 aromatic carbocycles. The van der Waals surface area contributed by atoms with Gasteiger partial charge in [0.25, 0.3) is 0 Å². The lowest BCUT2D eigenvalue weighted by molar-refractivity contribution is 0.0864. The number of rotatable bonds is 5. The van der Waals surface area contributed by atoms with Crippen LogP contribution >= 0.6 is 0 Å². The summed E-state index contributed by atoms with van der Waals surface area (Å²) in [6, 6.07) is 0.798. The van der Waals surface area contributed by atoms with Crippen molar-refractivity contribution in [2.75, 3.05) is 39.8 Å². The molecular formula is C22H39N5O. The summed E-state index contributed by atoms with van der Waals surface area (Å²) in [5.41, 5.74) is 2.21. The molecule has 0 amide bonds. The van der Waals surface area contributed by atoms with Crippen LogP contribution < -0.4 is 5.32 Å². The van der Waals surface area contributed by atoms with Gasteiger partial charge < -0.3 is 14.7 Å². The van der Waals surface area contributed by atoms with E-state index in [2.05, 4.69) is 39.1 Å². The van der Waals surface area contributed by atoms with Gasteiger partial charge in [0.15, 0.2) is 5.96 Å². The predicted molar refractivity (Wildman–Crippen MR) is 115 cm³/mol. The first-order valence-corrected chi connectivity index (χ1v) is 11.1. The van der Waals surface area contributed by atoms with Gasteiger partial charge in [-0.15, -0.1) is 0 Å². The summed E-state index contributed by atoms with van der Waals surface area (Å²) < 4.78 is 5.26. The Morgan fingerprint density at radius 3 is 2.36 bits per heavy atom. The van der Waals surface area contributed by atoms with Crippen molar-refractivity contribution < 1.29 is 4.52 Å². The molecule has 6 nitrogen and oxygen atoms in total. The Labute approximate surface area is 170 Å². The smallest absolute Gasteiger partial charge is 0.193 e. The van der Waals surface area contributed by atoms with Gasteiger partial charge >= 0.3 is 0 Å². The van der Waals surface area contributed by atoms with E-state index < -0.39 is 0 Å². The minimum Gasteiger partial charge on any atom is -0.361 e. The maximum absolute atomic E-state index is 5.26. The first-order valence-electron chi connectivity index (χ1n) is 11.1. The Morgan fingerprint density at radius 2 is 1.82 bits per heavy atom. The van der Waals surface area contributed by atoms with E-state index in [1.54, 1.807) is 0 Å². The van der Waals surface area contributed by atoms with Crippen molar-refractivity contribution in [3.8, 4) is 0 Å². The highest BCUT2D eigenvalue weighted by molar-refractivity contribution is 5.80. The van der Waals surface area contributed by atoms with Crippen LogP contribution in [-0.2, 0) is 6.42 Å². The van der Waals surface area contributed by atoms with Crippen LogP contribution in [0.15, 0.2) is 9.52 Å². The second-order valence-electron chi connectivity index (χ2n) is 8.86. The lowest BCUT2D eigenvalue weighted by Crippen LogP contribution is -2.55. The van der Waals surface area contributed by atoms with Crippen LogP contribution in [0, 0.1) is 25.7 Å². The summed E-state index contributed by atoms with van der Waals surface area (Å²) in [4.78, 5) is 9.65. The quantitative estimate of drug-likeness (QED) is 0.619. The van der Waals surface area contributed by atoms with Crippen molar-refractivity contribution in [3.05, 3.63) is 17.0 Å². The fourth-order valence-electron chi connectivity index (χ4n) is 4.92. The van der Waals surface area contributed by atoms with Gasteiger partial charge in [0.1, 0.15) is 5.76 Å². The Morgan fingerprint density at radius 1 is 1.14 bits per heavy atom. The highest BCUT2D eigenvalue weighted by Crippen LogP contribution is 2.32. The number of aliphatic imine (C=N–C) groups is 1. The molecule has 1 N–H and O–H groups in total. The van der Waals surface area contributed by atoms with Crippen molar-refractivity contribution >= 4 is 5.96 Å². The summed E-state index contributed by atoms with van der Waals surface area (Å²) in [5.74, 6) is 3.74. The highest BCUT2D eigenvalue weighted by Gasteiger charge is 2.29. The lowest BCUT2D eigenvalue weighted by atomic mass is 9.79. The average molecular weight is 390 g/mol. The molecule has 1 aliphatic heterocycles. The molecule has 0 radical (unpaired) electrons. The fourth-order valence-corrected chi connectivity index (χ4v) is 4.92. The predicted octanol–water partition coefficient (Wildman–Crippen LogP) is 3.24. The Kier molecular flexibility index (Phi) is 7.38. The molecule has 0 bridgehead atoms. The van der Waals surface area contributed by atoms with Crippen molar-refractivity contribution in [2.45, 2.75) is 65.8 Å². The zero-order chi connectivity index (χ0) is 20.1. The zero-order valence-corrected chi connectivity index (χ0v) is 18.5. The van der Waals surface area contributed by atoms with Gasteiger partial charge in [-0.1, -0.05) is 19.0 Å². The number of hydrogen-bond acceptors (Lipinski definition) is 4. The molecule has 0 spiro atoms. The van der Waals surface area contributed by atoms with Crippen LogP contribution in [-0.4, -0.2) is 66.7 Å². The molecule has 3 rings (SSSR count). The Balaban J connectivity index is 1.42. The molecule has 1 aromatic heterocycles. The maximum Gasteiger partial charge on any atom is 0.193 e. The molecule has 1 aliphatic carbocycles. The van der Waals surface area contributed by atoms with Crippen LogP contribution in [0.1, 0.15) is 56.5 Å². The molecule has 1 saturated carbocycles. The number of nitrogens with one attached hydrogen (secondary N) is 1. The third kappa shape index (κ3) is 5.07. The van der Waals surface area contributed by atoms with E-state index in [1.165, 1.54) is 31.2 Å². The summed E-state index contributed by atoms with van der Waals surface area (Å²) in [6.07, 6.45) is 6.50. The number of piperazine rings is 1. The molecule has 0 unspecified atom stereocenters. The fraction of sp³-hybridized carbons (Fsp3) is 0.818. The Bertz CT molecular complexity index is 618. The topological polar surface area (TPSA) is 56.9 Å². The van der Waals surface area contributed by atoms with E-state index >= 15 is 0 Å². The average Bonchev–Trinajstić information content (AvgIpc) is 3.03. The molecule has 2 fully saturated rings. The third-order valence-electron chi connectivity index (χ3n) is 6.87. The largest absolute Gasteiger partial charge is 0.361 e. The normalized spacial score (nSPS) is 24.8. The Hall–Kier alpha value is -1.56. The van der Waals surface area contributed by atoms with E-state index in [0.29, 0.717) is 0 Å². The number of guanidine groups is 1. The van der Waals surface area contributed by atoms with Crippen LogP contribution in [0.25, 0.3) is 0 Å². The number of aryl methyl sites for hydroxylation is 2. The van der Waals surface area contributed by atoms with Gasteiger partial charge in [-0.2, -0.15) is 0 Å². The van der Waals surface area contributed by atoms with Gasteiger partial charge in [0, 0.05) is 51.4 Å². The molecule has 1 aromatic rings. The van der Waals surface area contributed by atoms with Crippen molar-refractivity contribution in [1.29, 1.82) is 0 Å². The van der Waals surface area contributed by atoms with Crippen LogP contribution in [0.4, 0.5) is 0 Å². The van der Waals surface area contributed by atoms with Crippen molar-refractivity contribution in [3.63, 3.8) is 0 Å². The minimum absolute atomic E-state index is 0.798. The lowest BCUT2D eigenvalue weighted by Gasteiger charge is -2.43. The second kappa shape index (κ2) is 9.77. The van der Waals surface area contributed by atoms with Gasteiger partial charge in [-0.05, 0) is 57.8 Å². The molecule has 1 saturated heterocycles. The number of nitrogens with zero attached hydrogens (tertiary/aromatic N) is 4. The SMILES string of the molecule is CN=C(NCCc1c(C)noc1C)N1CCN(C2CCC(C(C)C)CC2)CC1. The summed E-state index contributed by atoms with van der Waals surface area (Å²) in [5, 5.41) is 7.57. The van der Waals surface area contributed by atoms with E-state index in [-0.39, 0.29) is 0 Å². The van der Waals surface area contributed by atoms with Crippen LogP contribution in [0.5, 0.6) is 0 Å². The molecule has 158 valence electrons. The molecule has 2 aliphatic rings. The van der Waals surface area contributed by atoms with Crippen molar-refractivity contribution in [2.24, 2.45) is 16.8 Å². The minimum atomic E-state index is 0.798. The monoisotopic (exact) mass is 389 g/mol. The number of aromatic nitrogens is 1. The molecule has 0 atom stereocenters. The van der Waals surface area contributed by atoms with Gasteiger partial charge in [0.05, 0.1) is 5.69 Å². The summed E-state index contributed by atoms with van der Waals surface area (Å²) in [6.45, 7) is 14.1. The molecule has 6 heteroatoms.